The standard InChI is InChI=1S/C51H37N3/c1-51(2)47-27-24-40-31-45(47)46-32-41(25-28-48(46)51)53(39-20-12-14-35(30-39)34-13-11-19-38(29-34)52(40)36-15-5-3-6-16-36)42-23-26-44-43-21-9-10-22-49(43)54(50(44)33-42)37-17-7-4-8-18-37/h3-33H,1-2H3. The molecule has 0 N–H and O–H groups in total. The number of hydrogen-bond donors (Lipinski definition) is 0. The molecule has 0 fully saturated rings. The van der Waals surface area contributed by atoms with Crippen LogP contribution in [0.25, 0.3) is 49.7 Å². The average Bonchev–Trinajstić information content (AvgIpc) is 3.66. The SMILES string of the molecule is CC1(C)c2ccc3cc2-c2cc(ccc21)N(c1ccc2c4ccccc4n(-c4ccccc4)c2c1)c1cccc(c1)-c1cccc(c1)N3c1ccccc1. The highest BCUT2D eigenvalue weighted by atomic mass is 15.2. The highest BCUT2D eigenvalue weighted by Crippen LogP contribution is 2.53. The van der Waals surface area contributed by atoms with Gasteiger partial charge >= 0.3 is 0 Å². The maximum absolute atomic E-state index is 2.44. The zero-order chi connectivity index (χ0) is 36.0. The molecule has 54 heavy (non-hydrogen) atoms. The molecule has 0 amide bonds. The summed E-state index contributed by atoms with van der Waals surface area (Å²) < 4.78 is 2.40. The molecule has 9 aromatic rings. The lowest BCUT2D eigenvalue weighted by atomic mass is 9.82. The van der Waals surface area contributed by atoms with E-state index in [0.717, 1.165) is 39.8 Å². The first kappa shape index (κ1) is 30.8. The van der Waals surface area contributed by atoms with Crippen molar-refractivity contribution in [2.24, 2.45) is 0 Å². The van der Waals surface area contributed by atoms with Crippen LogP contribution in [0.2, 0.25) is 0 Å². The van der Waals surface area contributed by atoms with E-state index in [4.69, 9.17) is 0 Å². The average molecular weight is 692 g/mol. The van der Waals surface area contributed by atoms with E-state index >= 15 is 0 Å². The van der Waals surface area contributed by atoms with Gasteiger partial charge in [0.25, 0.3) is 0 Å². The van der Waals surface area contributed by atoms with Gasteiger partial charge in [0.2, 0.25) is 0 Å². The van der Waals surface area contributed by atoms with Crippen LogP contribution in [0.3, 0.4) is 0 Å². The van der Waals surface area contributed by atoms with E-state index in [1.165, 1.54) is 55.2 Å². The number of rotatable bonds is 3. The molecule has 3 heteroatoms. The summed E-state index contributed by atoms with van der Waals surface area (Å²) in [6.45, 7) is 4.72. The van der Waals surface area contributed by atoms with Crippen LogP contribution in [-0.4, -0.2) is 4.57 Å². The summed E-state index contributed by atoms with van der Waals surface area (Å²) in [6.07, 6.45) is 0. The molecular weight excluding hydrogens is 655 g/mol. The Kier molecular flexibility index (Phi) is 6.60. The van der Waals surface area contributed by atoms with Gasteiger partial charge in [-0.2, -0.15) is 0 Å². The third kappa shape index (κ3) is 4.55. The summed E-state index contributed by atoms with van der Waals surface area (Å²) in [6, 6.07) is 69.3. The van der Waals surface area contributed by atoms with E-state index in [-0.39, 0.29) is 5.41 Å². The summed E-state index contributed by atoms with van der Waals surface area (Å²) in [7, 11) is 0. The predicted molar refractivity (Wildman–Crippen MR) is 227 cm³/mol. The lowest BCUT2D eigenvalue weighted by Crippen LogP contribution is -2.16. The molecule has 0 atom stereocenters. The molecule has 2 heterocycles. The Balaban J connectivity index is 1.20. The van der Waals surface area contributed by atoms with Gasteiger partial charge in [-0.15, -0.1) is 0 Å². The van der Waals surface area contributed by atoms with Crippen molar-refractivity contribution >= 4 is 55.9 Å². The van der Waals surface area contributed by atoms with Crippen LogP contribution >= 0.6 is 0 Å². The summed E-state index contributed by atoms with van der Waals surface area (Å²) in [4.78, 5) is 4.83. The first-order valence-electron chi connectivity index (χ1n) is 18.8. The molecule has 1 aliphatic heterocycles. The smallest absolute Gasteiger partial charge is 0.0561 e. The molecular formula is C51H37N3. The Morgan fingerprint density at radius 3 is 1.43 bits per heavy atom. The van der Waals surface area contributed by atoms with Crippen molar-refractivity contribution in [2.45, 2.75) is 19.3 Å². The molecule has 8 aromatic carbocycles. The Bertz CT molecular complexity index is 2920. The van der Waals surface area contributed by atoms with Crippen molar-refractivity contribution in [2.75, 3.05) is 9.80 Å². The van der Waals surface area contributed by atoms with Crippen molar-refractivity contribution in [3.05, 3.63) is 199 Å². The van der Waals surface area contributed by atoms with Crippen LogP contribution in [-0.2, 0) is 5.41 Å². The van der Waals surface area contributed by atoms with Gasteiger partial charge in [-0.05, 0) is 124 Å². The fraction of sp³-hybridized carbons (Fsp3) is 0.0588. The van der Waals surface area contributed by atoms with E-state index in [2.05, 4.69) is 216 Å². The third-order valence-electron chi connectivity index (χ3n) is 11.6. The second kappa shape index (κ2) is 11.6. The second-order valence-electron chi connectivity index (χ2n) is 15.1. The molecule has 0 spiro atoms. The molecule has 8 bridgehead atoms. The minimum atomic E-state index is -0.131. The molecule has 0 radical (unpaired) electrons. The van der Waals surface area contributed by atoms with Gasteiger partial charge in [0, 0.05) is 56.0 Å². The molecule has 3 nitrogen and oxygen atoms in total. The van der Waals surface area contributed by atoms with E-state index < -0.39 is 0 Å². The van der Waals surface area contributed by atoms with Crippen molar-refractivity contribution in [1.29, 1.82) is 0 Å². The van der Waals surface area contributed by atoms with Crippen molar-refractivity contribution in [3.63, 3.8) is 0 Å². The number of fused-ring (bicyclic) bond motifs is 10. The molecule has 0 unspecified atom stereocenters. The van der Waals surface area contributed by atoms with Crippen LogP contribution in [0.15, 0.2) is 188 Å². The number of nitrogens with zero attached hydrogens (tertiary/aromatic N) is 3. The maximum atomic E-state index is 2.44. The van der Waals surface area contributed by atoms with Crippen LogP contribution < -0.4 is 9.80 Å². The Hall–Kier alpha value is -6.84. The van der Waals surface area contributed by atoms with Crippen LogP contribution in [0.1, 0.15) is 25.0 Å². The van der Waals surface area contributed by atoms with Gasteiger partial charge in [0.1, 0.15) is 0 Å². The molecule has 1 aromatic heterocycles. The molecule has 11 rings (SSSR count). The second-order valence-corrected chi connectivity index (χ2v) is 15.1. The Morgan fingerprint density at radius 1 is 0.333 bits per heavy atom. The van der Waals surface area contributed by atoms with Gasteiger partial charge in [0.05, 0.1) is 11.0 Å². The Labute approximate surface area is 315 Å². The number of aromatic nitrogens is 1. The zero-order valence-corrected chi connectivity index (χ0v) is 30.2. The number of para-hydroxylation sites is 3. The van der Waals surface area contributed by atoms with E-state index in [0.29, 0.717) is 0 Å². The quantitative estimate of drug-likeness (QED) is 0.183. The highest BCUT2D eigenvalue weighted by Gasteiger charge is 2.36. The van der Waals surface area contributed by atoms with Crippen LogP contribution in [0.5, 0.6) is 0 Å². The third-order valence-corrected chi connectivity index (χ3v) is 11.6. The van der Waals surface area contributed by atoms with Gasteiger partial charge in [-0.25, -0.2) is 0 Å². The highest BCUT2D eigenvalue weighted by molar-refractivity contribution is 6.10. The van der Waals surface area contributed by atoms with E-state index in [1.807, 2.05) is 0 Å². The normalized spacial score (nSPS) is 13.8. The number of anilines is 6. The minimum absolute atomic E-state index is 0.131. The van der Waals surface area contributed by atoms with Gasteiger partial charge in [-0.1, -0.05) is 111 Å². The number of hydrogen-bond acceptors (Lipinski definition) is 2. The molecule has 0 saturated heterocycles. The first-order valence-corrected chi connectivity index (χ1v) is 18.8. The predicted octanol–water partition coefficient (Wildman–Crippen LogP) is 14.0. The van der Waals surface area contributed by atoms with Crippen molar-refractivity contribution in [1.82, 2.24) is 4.57 Å². The van der Waals surface area contributed by atoms with Crippen LogP contribution in [0, 0.1) is 0 Å². The monoisotopic (exact) mass is 691 g/mol. The summed E-state index contributed by atoms with van der Waals surface area (Å²) >= 11 is 0. The summed E-state index contributed by atoms with van der Waals surface area (Å²) in [5.74, 6) is 0. The van der Waals surface area contributed by atoms with Gasteiger partial charge in [0.15, 0.2) is 0 Å². The Morgan fingerprint density at radius 2 is 0.796 bits per heavy atom. The fourth-order valence-corrected chi connectivity index (χ4v) is 9.10. The molecule has 256 valence electrons. The molecule has 1 aliphatic carbocycles. The zero-order valence-electron chi connectivity index (χ0n) is 30.2. The molecule has 2 aliphatic rings. The van der Waals surface area contributed by atoms with E-state index in [1.54, 1.807) is 0 Å². The van der Waals surface area contributed by atoms with E-state index in [9.17, 15) is 0 Å². The lowest BCUT2D eigenvalue weighted by molar-refractivity contribution is 0.660. The van der Waals surface area contributed by atoms with Crippen LogP contribution in [0.4, 0.5) is 34.1 Å². The number of benzene rings is 8. The maximum Gasteiger partial charge on any atom is 0.0561 e. The lowest BCUT2D eigenvalue weighted by Gasteiger charge is -2.28. The minimum Gasteiger partial charge on any atom is -0.310 e. The summed E-state index contributed by atoms with van der Waals surface area (Å²) in [5.41, 5.74) is 17.8. The van der Waals surface area contributed by atoms with Gasteiger partial charge < -0.3 is 14.4 Å². The van der Waals surface area contributed by atoms with Crippen molar-refractivity contribution < 1.29 is 0 Å². The molecule has 0 saturated carbocycles. The summed E-state index contributed by atoms with van der Waals surface area (Å²) in [5, 5.41) is 2.49. The topological polar surface area (TPSA) is 11.4 Å². The van der Waals surface area contributed by atoms with Gasteiger partial charge in [-0.3, -0.25) is 0 Å². The first-order chi connectivity index (χ1) is 26.5. The van der Waals surface area contributed by atoms with Crippen molar-refractivity contribution in [3.8, 4) is 27.9 Å². The largest absolute Gasteiger partial charge is 0.310 e. The fourth-order valence-electron chi connectivity index (χ4n) is 9.10.